The van der Waals surface area contributed by atoms with Crippen molar-refractivity contribution in [1.29, 1.82) is 0 Å². The predicted molar refractivity (Wildman–Crippen MR) is 142 cm³/mol. The number of nitrogens with zero attached hydrogens (tertiary/aromatic N) is 8. The quantitative estimate of drug-likeness (QED) is 0.353. The summed E-state index contributed by atoms with van der Waals surface area (Å²) in [6.07, 6.45) is 4.43. The lowest BCUT2D eigenvalue weighted by Crippen LogP contribution is -2.07. The molecule has 4 aromatic heterocycles. The monoisotopic (exact) mass is 487 g/mol. The van der Waals surface area contributed by atoms with Gasteiger partial charge in [0, 0.05) is 23.2 Å². The Bertz CT molecular complexity index is 1690. The third-order valence-corrected chi connectivity index (χ3v) is 6.43. The second-order valence-corrected chi connectivity index (χ2v) is 8.98. The minimum absolute atomic E-state index is 0.509. The molecule has 6 aromatic rings. The van der Waals surface area contributed by atoms with Crippen molar-refractivity contribution in [3.63, 3.8) is 0 Å². The van der Waals surface area contributed by atoms with E-state index in [1.165, 1.54) is 0 Å². The molecular weight excluding hydrogens is 462 g/mol. The molecule has 0 spiro atoms. The Labute approximate surface area is 213 Å². The van der Waals surface area contributed by atoms with Gasteiger partial charge >= 0.3 is 0 Å². The van der Waals surface area contributed by atoms with Crippen molar-refractivity contribution in [2.24, 2.45) is 0 Å². The standard InChI is InChI=1S/C28H25N9/c1-4-25-32-26-17(2)12-18(3)31-28(26)37(25)16-21-14-30-24(15-29-21)23-13-20(19-8-6-5-7-9-19)10-11-22(23)27-33-35-36-34-27/h5-15H,4,16H2,1-3H3,(H,33,34,35,36). The molecule has 0 atom stereocenters. The van der Waals surface area contributed by atoms with Crippen molar-refractivity contribution < 1.29 is 0 Å². The zero-order chi connectivity index (χ0) is 25.4. The Kier molecular flexibility index (Phi) is 5.72. The first-order chi connectivity index (χ1) is 18.1. The average molecular weight is 488 g/mol. The molecule has 4 heterocycles. The van der Waals surface area contributed by atoms with Gasteiger partial charge in [0.15, 0.2) is 5.65 Å². The van der Waals surface area contributed by atoms with Crippen LogP contribution in [0.25, 0.3) is 44.9 Å². The summed E-state index contributed by atoms with van der Waals surface area (Å²) < 4.78 is 2.14. The van der Waals surface area contributed by atoms with Crippen molar-refractivity contribution in [3.05, 3.63) is 89.8 Å². The summed E-state index contributed by atoms with van der Waals surface area (Å²) in [7, 11) is 0. The molecule has 9 heteroatoms. The van der Waals surface area contributed by atoms with Gasteiger partial charge in [-0.1, -0.05) is 43.3 Å². The fourth-order valence-corrected chi connectivity index (χ4v) is 4.66. The largest absolute Gasteiger partial charge is 0.307 e. The number of fused-ring (bicyclic) bond motifs is 1. The highest BCUT2D eigenvalue weighted by Gasteiger charge is 2.17. The van der Waals surface area contributed by atoms with Crippen LogP contribution in [0.15, 0.2) is 67.0 Å². The van der Waals surface area contributed by atoms with E-state index >= 15 is 0 Å². The SMILES string of the molecule is CCc1nc2c(C)cc(C)nc2n1Cc1cnc(-c2cc(-c3ccccc3)ccc2-c2nn[nH]n2)cn1. The summed E-state index contributed by atoms with van der Waals surface area (Å²) >= 11 is 0. The van der Waals surface area contributed by atoms with E-state index < -0.39 is 0 Å². The van der Waals surface area contributed by atoms with Crippen molar-refractivity contribution in [2.75, 3.05) is 0 Å². The lowest BCUT2D eigenvalue weighted by atomic mass is 9.97. The van der Waals surface area contributed by atoms with Crippen molar-refractivity contribution in [1.82, 2.24) is 45.1 Å². The fourth-order valence-electron chi connectivity index (χ4n) is 4.66. The average Bonchev–Trinajstić information content (AvgIpc) is 3.58. The van der Waals surface area contributed by atoms with Gasteiger partial charge in [-0.15, -0.1) is 10.2 Å². The molecule has 182 valence electrons. The first-order valence-electron chi connectivity index (χ1n) is 12.2. The van der Waals surface area contributed by atoms with Gasteiger partial charge in [0.1, 0.15) is 11.3 Å². The van der Waals surface area contributed by atoms with E-state index in [4.69, 9.17) is 19.9 Å². The third-order valence-electron chi connectivity index (χ3n) is 6.43. The topological polar surface area (TPSA) is 111 Å². The van der Waals surface area contributed by atoms with E-state index in [1.807, 2.05) is 37.4 Å². The zero-order valence-corrected chi connectivity index (χ0v) is 20.8. The molecule has 0 aliphatic heterocycles. The van der Waals surface area contributed by atoms with Crippen LogP contribution in [0.4, 0.5) is 0 Å². The molecule has 0 fully saturated rings. The highest BCUT2D eigenvalue weighted by atomic mass is 15.5. The van der Waals surface area contributed by atoms with Gasteiger partial charge in [-0.05, 0) is 54.0 Å². The van der Waals surface area contributed by atoms with Crippen LogP contribution in [0, 0.1) is 13.8 Å². The highest BCUT2D eigenvalue weighted by Crippen LogP contribution is 2.33. The first-order valence-corrected chi connectivity index (χ1v) is 12.2. The number of aryl methyl sites for hydroxylation is 3. The Morgan fingerprint density at radius 2 is 1.73 bits per heavy atom. The highest BCUT2D eigenvalue weighted by molar-refractivity contribution is 5.83. The van der Waals surface area contributed by atoms with E-state index in [2.05, 4.69) is 69.4 Å². The van der Waals surface area contributed by atoms with Gasteiger partial charge in [0.25, 0.3) is 0 Å². The maximum absolute atomic E-state index is 4.84. The predicted octanol–water partition coefficient (Wildman–Crippen LogP) is 4.96. The molecule has 0 radical (unpaired) electrons. The van der Waals surface area contributed by atoms with Gasteiger partial charge in [0.05, 0.1) is 30.3 Å². The minimum atomic E-state index is 0.509. The van der Waals surface area contributed by atoms with Gasteiger partial charge in [-0.2, -0.15) is 5.21 Å². The van der Waals surface area contributed by atoms with Gasteiger partial charge in [0.2, 0.25) is 5.82 Å². The Morgan fingerprint density at radius 1 is 0.865 bits per heavy atom. The maximum Gasteiger partial charge on any atom is 0.205 e. The number of hydrogen-bond acceptors (Lipinski definition) is 7. The molecule has 0 aliphatic rings. The van der Waals surface area contributed by atoms with Crippen LogP contribution in [0.5, 0.6) is 0 Å². The number of aromatic amines is 1. The number of hydrogen-bond donors (Lipinski definition) is 1. The molecule has 0 saturated heterocycles. The second-order valence-electron chi connectivity index (χ2n) is 8.98. The second kappa shape index (κ2) is 9.34. The maximum atomic E-state index is 4.84. The summed E-state index contributed by atoms with van der Waals surface area (Å²) in [5.74, 6) is 1.49. The Morgan fingerprint density at radius 3 is 2.46 bits per heavy atom. The van der Waals surface area contributed by atoms with Gasteiger partial charge in [-0.3, -0.25) is 9.97 Å². The summed E-state index contributed by atoms with van der Waals surface area (Å²) in [6, 6.07) is 18.4. The van der Waals surface area contributed by atoms with E-state index in [1.54, 1.807) is 6.20 Å². The molecule has 0 amide bonds. The summed E-state index contributed by atoms with van der Waals surface area (Å²) in [5.41, 5.74) is 9.40. The minimum Gasteiger partial charge on any atom is -0.307 e. The van der Waals surface area contributed by atoms with Crippen LogP contribution in [-0.2, 0) is 13.0 Å². The van der Waals surface area contributed by atoms with E-state index in [9.17, 15) is 0 Å². The Hall–Kier alpha value is -4.79. The molecule has 1 N–H and O–H groups in total. The molecule has 0 unspecified atom stereocenters. The molecule has 0 aliphatic carbocycles. The molecular formula is C28H25N9. The lowest BCUT2D eigenvalue weighted by Gasteiger charge is -2.11. The number of nitrogens with one attached hydrogen (secondary N) is 1. The molecule has 0 bridgehead atoms. The van der Waals surface area contributed by atoms with Crippen LogP contribution in [0.2, 0.25) is 0 Å². The lowest BCUT2D eigenvalue weighted by molar-refractivity contribution is 0.726. The fraction of sp³-hybridized carbons (Fsp3) is 0.179. The van der Waals surface area contributed by atoms with Crippen LogP contribution >= 0.6 is 0 Å². The van der Waals surface area contributed by atoms with E-state index in [0.717, 1.165) is 68.3 Å². The Balaban J connectivity index is 1.39. The van der Waals surface area contributed by atoms with Gasteiger partial charge < -0.3 is 4.57 Å². The zero-order valence-electron chi connectivity index (χ0n) is 20.8. The van der Waals surface area contributed by atoms with Crippen molar-refractivity contribution in [3.8, 4) is 33.8 Å². The van der Waals surface area contributed by atoms with Crippen molar-refractivity contribution in [2.45, 2.75) is 33.7 Å². The summed E-state index contributed by atoms with van der Waals surface area (Å²) in [6.45, 7) is 6.74. The van der Waals surface area contributed by atoms with Crippen LogP contribution in [-0.4, -0.2) is 45.1 Å². The molecule has 9 nitrogen and oxygen atoms in total. The number of H-pyrrole nitrogens is 1. The number of tetrazole rings is 1. The molecule has 6 rings (SSSR count). The summed E-state index contributed by atoms with van der Waals surface area (Å²) in [5, 5.41) is 14.7. The van der Waals surface area contributed by atoms with Crippen LogP contribution in [0.3, 0.4) is 0 Å². The number of aromatic nitrogens is 9. The number of benzene rings is 2. The van der Waals surface area contributed by atoms with Crippen LogP contribution < -0.4 is 0 Å². The number of pyridine rings is 1. The first kappa shape index (κ1) is 22.7. The summed E-state index contributed by atoms with van der Waals surface area (Å²) in [4.78, 5) is 19.2. The third kappa shape index (κ3) is 4.24. The van der Waals surface area contributed by atoms with Crippen LogP contribution in [0.1, 0.15) is 29.7 Å². The van der Waals surface area contributed by atoms with E-state index in [0.29, 0.717) is 12.4 Å². The molecule has 2 aromatic carbocycles. The molecule has 0 saturated carbocycles. The normalized spacial score (nSPS) is 11.3. The number of imidazole rings is 1. The van der Waals surface area contributed by atoms with E-state index in [-0.39, 0.29) is 0 Å². The molecule has 37 heavy (non-hydrogen) atoms. The van der Waals surface area contributed by atoms with Gasteiger partial charge in [-0.25, -0.2) is 9.97 Å². The smallest absolute Gasteiger partial charge is 0.205 e. The van der Waals surface area contributed by atoms with Crippen molar-refractivity contribution >= 4 is 11.2 Å². The number of rotatable bonds is 6.